The van der Waals surface area contributed by atoms with E-state index in [-0.39, 0.29) is 21.4 Å². The Balaban J connectivity index is 2.11. The average molecular weight is 320 g/mol. The third-order valence-electron chi connectivity index (χ3n) is 3.43. The first-order chi connectivity index (χ1) is 9.13. The van der Waals surface area contributed by atoms with Crippen LogP contribution < -0.4 is 10.0 Å². The maximum Gasteiger partial charge on any atom is 0.270 e. The number of carbonyl (C=O) groups excluding carboxylic acids is 1. The van der Waals surface area contributed by atoms with Gasteiger partial charge in [-0.05, 0) is 6.42 Å². The largest absolute Gasteiger partial charge is 0.392 e. The van der Waals surface area contributed by atoms with Crippen molar-refractivity contribution in [1.29, 1.82) is 0 Å². The van der Waals surface area contributed by atoms with Crippen LogP contribution in [0.4, 0.5) is 5.13 Å². The third-order valence-corrected chi connectivity index (χ3v) is 6.11. The summed E-state index contributed by atoms with van der Waals surface area (Å²) in [5, 5.41) is 19.3. The molecule has 1 aliphatic carbocycles. The molecule has 1 aromatic heterocycles. The van der Waals surface area contributed by atoms with Gasteiger partial charge in [0.1, 0.15) is 0 Å². The van der Waals surface area contributed by atoms with E-state index in [2.05, 4.69) is 20.2 Å². The van der Waals surface area contributed by atoms with Gasteiger partial charge in [0.25, 0.3) is 10.0 Å². The van der Waals surface area contributed by atoms with E-state index in [1.165, 1.54) is 6.92 Å². The second-order valence-corrected chi connectivity index (χ2v) is 8.17. The molecule has 8 nitrogen and oxygen atoms in total. The van der Waals surface area contributed by atoms with Gasteiger partial charge < -0.3 is 10.4 Å². The van der Waals surface area contributed by atoms with E-state index in [9.17, 15) is 18.3 Å². The lowest BCUT2D eigenvalue weighted by Crippen LogP contribution is -2.61. The van der Waals surface area contributed by atoms with Crippen molar-refractivity contribution in [2.24, 2.45) is 5.41 Å². The minimum atomic E-state index is -3.80. The molecule has 20 heavy (non-hydrogen) atoms. The number of aliphatic hydroxyl groups is 1. The minimum Gasteiger partial charge on any atom is -0.392 e. The zero-order chi connectivity index (χ0) is 15.1. The molecule has 0 aliphatic heterocycles. The molecule has 2 unspecified atom stereocenters. The molecule has 2 atom stereocenters. The van der Waals surface area contributed by atoms with E-state index in [1.807, 2.05) is 0 Å². The predicted octanol–water partition coefficient (Wildman–Crippen LogP) is -0.0658. The van der Waals surface area contributed by atoms with Crippen LogP contribution in [0.2, 0.25) is 0 Å². The summed E-state index contributed by atoms with van der Waals surface area (Å²) in [6.07, 6.45) is -0.164. The first-order valence-electron chi connectivity index (χ1n) is 5.94. The Bertz CT molecular complexity index is 625. The number of nitrogens with zero attached hydrogens (tertiary/aromatic N) is 2. The molecule has 10 heteroatoms. The van der Waals surface area contributed by atoms with Crippen LogP contribution in [0, 0.1) is 5.41 Å². The highest BCUT2D eigenvalue weighted by atomic mass is 32.2. The predicted molar refractivity (Wildman–Crippen MR) is 72.7 cm³/mol. The van der Waals surface area contributed by atoms with Gasteiger partial charge in [-0.1, -0.05) is 25.2 Å². The zero-order valence-electron chi connectivity index (χ0n) is 11.2. The quantitative estimate of drug-likeness (QED) is 0.668. The van der Waals surface area contributed by atoms with Gasteiger partial charge in [0.2, 0.25) is 15.4 Å². The van der Waals surface area contributed by atoms with Crippen molar-refractivity contribution >= 4 is 32.4 Å². The molecule has 1 saturated carbocycles. The molecule has 0 saturated heterocycles. The van der Waals surface area contributed by atoms with E-state index < -0.39 is 21.5 Å². The second kappa shape index (κ2) is 5.02. The Kier molecular flexibility index (Phi) is 3.84. The van der Waals surface area contributed by atoms with Crippen LogP contribution in [-0.4, -0.2) is 41.8 Å². The Hall–Kier alpha value is -1.10. The van der Waals surface area contributed by atoms with Gasteiger partial charge in [0.05, 0.1) is 6.10 Å². The molecular formula is C10H16N4O4S2. The van der Waals surface area contributed by atoms with Crippen molar-refractivity contribution < 1.29 is 18.3 Å². The van der Waals surface area contributed by atoms with Crippen molar-refractivity contribution in [2.45, 2.75) is 43.7 Å². The normalized spacial score (nSPS) is 25.0. The number of anilines is 1. The highest BCUT2D eigenvalue weighted by molar-refractivity contribution is 7.91. The van der Waals surface area contributed by atoms with Gasteiger partial charge in [-0.2, -0.15) is 0 Å². The lowest BCUT2D eigenvalue weighted by Gasteiger charge is -2.48. The first-order valence-corrected chi connectivity index (χ1v) is 8.24. The number of rotatable bonds is 4. The van der Waals surface area contributed by atoms with Gasteiger partial charge in [-0.3, -0.25) is 4.79 Å². The number of hydrogen-bond acceptors (Lipinski definition) is 7. The summed E-state index contributed by atoms with van der Waals surface area (Å²) in [5.74, 6) is -0.346. The van der Waals surface area contributed by atoms with E-state index in [4.69, 9.17) is 0 Å². The summed E-state index contributed by atoms with van der Waals surface area (Å²) in [4.78, 5) is 10.9. The number of hydrogen-bond donors (Lipinski definition) is 3. The fourth-order valence-corrected chi connectivity index (χ4v) is 4.23. The van der Waals surface area contributed by atoms with Crippen molar-refractivity contribution in [2.75, 3.05) is 5.32 Å². The Morgan fingerprint density at radius 2 is 2.10 bits per heavy atom. The number of amides is 1. The van der Waals surface area contributed by atoms with Gasteiger partial charge in [-0.15, -0.1) is 10.2 Å². The first kappa shape index (κ1) is 15.3. The van der Waals surface area contributed by atoms with Crippen LogP contribution in [0.25, 0.3) is 0 Å². The molecule has 1 fully saturated rings. The molecule has 2 rings (SSSR count). The Morgan fingerprint density at radius 1 is 1.45 bits per heavy atom. The smallest absolute Gasteiger partial charge is 0.270 e. The summed E-state index contributed by atoms with van der Waals surface area (Å²) < 4.78 is 26.6. The molecule has 0 bridgehead atoms. The summed E-state index contributed by atoms with van der Waals surface area (Å²) in [6.45, 7) is 4.88. The van der Waals surface area contributed by atoms with Gasteiger partial charge >= 0.3 is 0 Å². The highest BCUT2D eigenvalue weighted by Gasteiger charge is 2.49. The SMILES string of the molecule is CC(=O)Nc1nnc(S(=O)(=O)NC2CC(O)C2(C)C)s1. The van der Waals surface area contributed by atoms with Gasteiger partial charge in [0, 0.05) is 18.4 Å². The number of sulfonamides is 1. The number of aromatic nitrogens is 2. The van der Waals surface area contributed by atoms with Crippen molar-refractivity contribution in [1.82, 2.24) is 14.9 Å². The molecule has 0 spiro atoms. The fourth-order valence-electron chi connectivity index (χ4n) is 1.86. The maximum absolute atomic E-state index is 12.1. The number of nitrogens with one attached hydrogen (secondary N) is 2. The minimum absolute atomic E-state index is 0.130. The average Bonchev–Trinajstić information content (AvgIpc) is 2.77. The van der Waals surface area contributed by atoms with E-state index in [1.54, 1.807) is 13.8 Å². The van der Waals surface area contributed by atoms with Crippen molar-refractivity contribution in [3.63, 3.8) is 0 Å². The van der Waals surface area contributed by atoms with Crippen LogP contribution >= 0.6 is 11.3 Å². The molecule has 0 radical (unpaired) electrons. The maximum atomic E-state index is 12.1. The fraction of sp³-hybridized carbons (Fsp3) is 0.700. The monoisotopic (exact) mass is 320 g/mol. The molecule has 1 heterocycles. The summed E-state index contributed by atoms with van der Waals surface area (Å²) in [6, 6.07) is -0.351. The summed E-state index contributed by atoms with van der Waals surface area (Å²) in [5.41, 5.74) is -0.516. The van der Waals surface area contributed by atoms with Gasteiger partial charge in [0.15, 0.2) is 0 Å². The molecule has 1 aromatic rings. The Morgan fingerprint density at radius 3 is 2.60 bits per heavy atom. The van der Waals surface area contributed by atoms with Crippen LogP contribution in [0.1, 0.15) is 27.2 Å². The van der Waals surface area contributed by atoms with Gasteiger partial charge in [-0.25, -0.2) is 13.1 Å². The topological polar surface area (TPSA) is 121 Å². The third kappa shape index (κ3) is 2.82. The van der Waals surface area contributed by atoms with Crippen LogP contribution in [0.3, 0.4) is 0 Å². The van der Waals surface area contributed by atoms with Crippen LogP contribution in [-0.2, 0) is 14.8 Å². The molecule has 1 aliphatic rings. The number of carbonyl (C=O) groups is 1. The lowest BCUT2D eigenvalue weighted by atomic mass is 9.65. The van der Waals surface area contributed by atoms with Crippen LogP contribution in [0.15, 0.2) is 4.34 Å². The number of aliphatic hydroxyl groups excluding tert-OH is 1. The van der Waals surface area contributed by atoms with Crippen LogP contribution in [0.5, 0.6) is 0 Å². The van der Waals surface area contributed by atoms with E-state index >= 15 is 0 Å². The molecule has 3 N–H and O–H groups in total. The summed E-state index contributed by atoms with van der Waals surface area (Å²) >= 11 is 0.779. The van der Waals surface area contributed by atoms with Crippen molar-refractivity contribution in [3.8, 4) is 0 Å². The molecule has 112 valence electrons. The lowest BCUT2D eigenvalue weighted by molar-refractivity contribution is -0.114. The highest BCUT2D eigenvalue weighted by Crippen LogP contribution is 2.41. The summed E-state index contributed by atoms with van der Waals surface area (Å²) in [7, 11) is -3.80. The molecule has 1 amide bonds. The molecule has 0 aromatic carbocycles. The van der Waals surface area contributed by atoms with E-state index in [0.717, 1.165) is 11.3 Å². The van der Waals surface area contributed by atoms with E-state index in [0.29, 0.717) is 6.42 Å². The standard InChI is InChI=1S/C10H16N4O4S2/c1-5(15)11-8-12-13-9(19-8)20(17,18)14-6-4-7(16)10(6,2)3/h6-7,14,16H,4H2,1-3H3,(H,11,12,15). The zero-order valence-corrected chi connectivity index (χ0v) is 12.9. The van der Waals surface area contributed by atoms with Crippen molar-refractivity contribution in [3.05, 3.63) is 0 Å². The Labute approximate surface area is 120 Å². The second-order valence-electron chi connectivity index (χ2n) is 5.30. The molecular weight excluding hydrogens is 304 g/mol.